The normalized spacial score (nSPS) is 10.1. The Labute approximate surface area is 158 Å². The van der Waals surface area contributed by atoms with E-state index in [0.29, 0.717) is 24.0 Å². The van der Waals surface area contributed by atoms with Gasteiger partial charge in [-0.1, -0.05) is 42.5 Å². The van der Waals surface area contributed by atoms with Gasteiger partial charge in [-0.3, -0.25) is 4.79 Å². The second-order valence-electron chi connectivity index (χ2n) is 5.88. The van der Waals surface area contributed by atoms with Crippen molar-refractivity contribution in [1.82, 2.24) is 9.97 Å². The van der Waals surface area contributed by atoms with Crippen LogP contribution in [0, 0.1) is 0 Å². The van der Waals surface area contributed by atoms with Crippen LogP contribution in [0.4, 0.5) is 23.0 Å². The highest BCUT2D eigenvalue weighted by atomic mass is 16.1. The number of hydrogen-bond acceptors (Lipinski definition) is 5. The summed E-state index contributed by atoms with van der Waals surface area (Å²) in [6.45, 7) is 5.80. The summed E-state index contributed by atoms with van der Waals surface area (Å²) in [6.07, 6.45) is 1.77. The highest BCUT2D eigenvalue weighted by Gasteiger charge is 2.07. The molecule has 0 aliphatic heterocycles. The number of benzene rings is 2. The molecule has 27 heavy (non-hydrogen) atoms. The minimum atomic E-state index is -0.114. The average molecular weight is 359 g/mol. The number of hydrogen-bond donors (Lipinski definition) is 3. The Morgan fingerprint density at radius 3 is 2.48 bits per heavy atom. The first-order chi connectivity index (χ1) is 13.1. The summed E-state index contributed by atoms with van der Waals surface area (Å²) in [4.78, 5) is 20.5. The topological polar surface area (TPSA) is 78.9 Å². The van der Waals surface area contributed by atoms with Crippen molar-refractivity contribution >= 4 is 28.9 Å². The summed E-state index contributed by atoms with van der Waals surface area (Å²) in [5.41, 5.74) is 2.46. The van der Waals surface area contributed by atoms with Crippen LogP contribution < -0.4 is 16.0 Å². The molecule has 0 fully saturated rings. The molecule has 0 saturated heterocycles. The van der Waals surface area contributed by atoms with Crippen LogP contribution in [-0.4, -0.2) is 22.4 Å². The van der Waals surface area contributed by atoms with E-state index in [1.165, 1.54) is 6.92 Å². The van der Waals surface area contributed by atoms with Crippen molar-refractivity contribution in [2.75, 3.05) is 22.5 Å². The lowest BCUT2D eigenvalue weighted by Crippen LogP contribution is -2.06. The van der Waals surface area contributed by atoms with Crippen LogP contribution in [0.5, 0.6) is 0 Å². The summed E-state index contributed by atoms with van der Waals surface area (Å²) in [5.74, 6) is 1.85. The molecule has 3 N–H and O–H groups in total. The minimum Gasteiger partial charge on any atom is -0.366 e. The summed E-state index contributed by atoms with van der Waals surface area (Å²) in [5, 5.41) is 9.25. The lowest BCUT2D eigenvalue weighted by atomic mass is 10.2. The molecule has 0 aliphatic rings. The molecule has 0 radical (unpaired) electrons. The van der Waals surface area contributed by atoms with Crippen molar-refractivity contribution < 1.29 is 4.79 Å². The van der Waals surface area contributed by atoms with E-state index in [4.69, 9.17) is 0 Å². The summed E-state index contributed by atoms with van der Waals surface area (Å²) in [6, 6.07) is 19.1. The number of rotatable bonds is 7. The zero-order valence-electron chi connectivity index (χ0n) is 15.1. The van der Waals surface area contributed by atoms with E-state index in [-0.39, 0.29) is 5.91 Å². The minimum absolute atomic E-state index is 0.114. The largest absolute Gasteiger partial charge is 0.366 e. The molecule has 6 nitrogen and oxygen atoms in total. The maximum atomic E-state index is 11.3. The zero-order valence-corrected chi connectivity index (χ0v) is 15.1. The molecule has 0 atom stereocenters. The molecular formula is C21H21N5O. The third-order valence-corrected chi connectivity index (χ3v) is 3.64. The lowest BCUT2D eigenvalue weighted by molar-refractivity contribution is -0.114. The average Bonchev–Trinajstić information content (AvgIpc) is 2.67. The van der Waals surface area contributed by atoms with E-state index in [1.54, 1.807) is 6.08 Å². The number of nitrogens with zero attached hydrogens (tertiary/aromatic N) is 2. The van der Waals surface area contributed by atoms with E-state index >= 15 is 0 Å². The van der Waals surface area contributed by atoms with Gasteiger partial charge in [-0.25, -0.2) is 9.97 Å². The summed E-state index contributed by atoms with van der Waals surface area (Å²) >= 11 is 0. The zero-order chi connectivity index (χ0) is 19.1. The number of amides is 1. The van der Waals surface area contributed by atoms with E-state index in [1.807, 2.05) is 60.7 Å². The van der Waals surface area contributed by atoms with E-state index in [2.05, 4.69) is 32.5 Å². The van der Waals surface area contributed by atoms with Crippen LogP contribution in [0.1, 0.15) is 6.92 Å². The summed E-state index contributed by atoms with van der Waals surface area (Å²) < 4.78 is 0. The predicted octanol–water partition coefficient (Wildman–Crippen LogP) is 4.44. The number of carbonyl (C=O) groups excluding carboxylic acids is 1. The molecular weight excluding hydrogens is 338 g/mol. The fourth-order valence-corrected chi connectivity index (χ4v) is 2.52. The van der Waals surface area contributed by atoms with E-state index in [9.17, 15) is 4.79 Å². The molecule has 6 heteroatoms. The monoisotopic (exact) mass is 359 g/mol. The first-order valence-electron chi connectivity index (χ1n) is 8.58. The number of carbonyl (C=O) groups is 1. The Kier molecular flexibility index (Phi) is 5.79. The Balaban J connectivity index is 1.92. The van der Waals surface area contributed by atoms with Crippen molar-refractivity contribution in [3.63, 3.8) is 0 Å². The van der Waals surface area contributed by atoms with E-state index in [0.717, 1.165) is 16.9 Å². The van der Waals surface area contributed by atoms with Crippen molar-refractivity contribution in [3.8, 4) is 11.4 Å². The molecule has 0 bridgehead atoms. The molecule has 0 aliphatic carbocycles. The standard InChI is InChI=1S/C21H21N5O/c1-3-12-22-19-14-20(26-21(25-19)16-8-5-4-6-9-16)24-18-11-7-10-17(13-18)23-15(2)27/h3-11,13-14H,1,12H2,2H3,(H,23,27)(H2,22,24,25,26). The van der Waals surface area contributed by atoms with Gasteiger partial charge in [0, 0.05) is 36.5 Å². The summed E-state index contributed by atoms with van der Waals surface area (Å²) in [7, 11) is 0. The van der Waals surface area contributed by atoms with Crippen LogP contribution in [0.25, 0.3) is 11.4 Å². The highest BCUT2D eigenvalue weighted by molar-refractivity contribution is 5.89. The van der Waals surface area contributed by atoms with Crippen molar-refractivity contribution in [3.05, 3.63) is 73.3 Å². The van der Waals surface area contributed by atoms with Crippen molar-refractivity contribution in [2.24, 2.45) is 0 Å². The van der Waals surface area contributed by atoms with Gasteiger partial charge in [-0.2, -0.15) is 0 Å². The molecule has 2 aromatic carbocycles. The van der Waals surface area contributed by atoms with Gasteiger partial charge >= 0.3 is 0 Å². The van der Waals surface area contributed by atoms with Crippen LogP contribution in [0.15, 0.2) is 73.3 Å². The van der Waals surface area contributed by atoms with E-state index < -0.39 is 0 Å². The molecule has 3 aromatic rings. The third-order valence-electron chi connectivity index (χ3n) is 3.64. The van der Waals surface area contributed by atoms with Crippen LogP contribution in [0.3, 0.4) is 0 Å². The van der Waals surface area contributed by atoms with Gasteiger partial charge < -0.3 is 16.0 Å². The van der Waals surface area contributed by atoms with Crippen LogP contribution in [-0.2, 0) is 4.79 Å². The molecule has 0 saturated carbocycles. The second-order valence-corrected chi connectivity index (χ2v) is 5.88. The van der Waals surface area contributed by atoms with Gasteiger partial charge in [0.1, 0.15) is 11.6 Å². The van der Waals surface area contributed by atoms with Gasteiger partial charge in [0.15, 0.2) is 5.82 Å². The fourth-order valence-electron chi connectivity index (χ4n) is 2.52. The second kappa shape index (κ2) is 8.62. The Bertz CT molecular complexity index is 940. The SMILES string of the molecule is C=CCNc1cc(Nc2cccc(NC(C)=O)c2)nc(-c2ccccc2)n1. The Hall–Kier alpha value is -3.67. The maximum absolute atomic E-state index is 11.3. The van der Waals surface area contributed by atoms with Gasteiger partial charge in [-0.05, 0) is 18.2 Å². The maximum Gasteiger partial charge on any atom is 0.221 e. The number of anilines is 4. The van der Waals surface area contributed by atoms with Crippen LogP contribution in [0.2, 0.25) is 0 Å². The van der Waals surface area contributed by atoms with Gasteiger partial charge in [0.2, 0.25) is 5.91 Å². The quantitative estimate of drug-likeness (QED) is 0.543. The Morgan fingerprint density at radius 2 is 1.74 bits per heavy atom. The first-order valence-corrected chi connectivity index (χ1v) is 8.58. The smallest absolute Gasteiger partial charge is 0.221 e. The van der Waals surface area contributed by atoms with Crippen molar-refractivity contribution in [2.45, 2.75) is 6.92 Å². The fraction of sp³-hybridized carbons (Fsp3) is 0.0952. The predicted molar refractivity (Wildman–Crippen MR) is 110 cm³/mol. The van der Waals surface area contributed by atoms with Crippen molar-refractivity contribution in [1.29, 1.82) is 0 Å². The Morgan fingerprint density at radius 1 is 1.00 bits per heavy atom. The van der Waals surface area contributed by atoms with Gasteiger partial charge in [-0.15, -0.1) is 6.58 Å². The molecule has 1 amide bonds. The third kappa shape index (κ3) is 5.15. The molecule has 3 rings (SSSR count). The highest BCUT2D eigenvalue weighted by Crippen LogP contribution is 2.24. The molecule has 1 aromatic heterocycles. The van der Waals surface area contributed by atoms with Gasteiger partial charge in [0.25, 0.3) is 0 Å². The number of aromatic nitrogens is 2. The van der Waals surface area contributed by atoms with Gasteiger partial charge in [0.05, 0.1) is 0 Å². The molecule has 0 spiro atoms. The first kappa shape index (κ1) is 18.1. The number of nitrogens with one attached hydrogen (secondary N) is 3. The molecule has 136 valence electrons. The lowest BCUT2D eigenvalue weighted by Gasteiger charge is -2.12. The molecule has 0 unspecified atom stereocenters. The molecule has 1 heterocycles. The van der Waals surface area contributed by atoms with Crippen LogP contribution >= 0.6 is 0 Å².